The molecule has 1 amide bonds. The lowest BCUT2D eigenvalue weighted by Gasteiger charge is -2.07. The first-order valence-electron chi connectivity index (χ1n) is 6.03. The van der Waals surface area contributed by atoms with Gasteiger partial charge in [-0.15, -0.1) is 0 Å². The molecule has 0 aliphatic heterocycles. The van der Waals surface area contributed by atoms with E-state index < -0.39 is 11.6 Å². The Balaban J connectivity index is 2.25. The Morgan fingerprint density at radius 2 is 2.05 bits per heavy atom. The van der Waals surface area contributed by atoms with Crippen LogP contribution in [0.15, 0.2) is 18.2 Å². The summed E-state index contributed by atoms with van der Waals surface area (Å²) in [6.45, 7) is 2.33. The van der Waals surface area contributed by atoms with Crippen molar-refractivity contribution >= 4 is 5.91 Å². The van der Waals surface area contributed by atoms with Crippen molar-refractivity contribution in [2.24, 2.45) is 0 Å². The second-order valence-electron chi connectivity index (χ2n) is 4.01. The molecule has 0 saturated heterocycles. The normalized spacial score (nSPS) is 10.5. The molecule has 19 heavy (non-hydrogen) atoms. The number of methoxy groups -OCH3 is 1. The van der Waals surface area contributed by atoms with Gasteiger partial charge in [0.1, 0.15) is 11.6 Å². The van der Waals surface area contributed by atoms with Gasteiger partial charge in [-0.25, -0.2) is 8.78 Å². The number of amides is 1. The molecule has 0 saturated carbocycles. The van der Waals surface area contributed by atoms with Crippen molar-refractivity contribution in [2.45, 2.75) is 6.42 Å². The summed E-state index contributed by atoms with van der Waals surface area (Å²) in [5.41, 5.74) is 0.0600. The molecule has 106 valence electrons. The zero-order chi connectivity index (χ0) is 14.1. The molecule has 6 heteroatoms. The van der Waals surface area contributed by atoms with Gasteiger partial charge in [-0.3, -0.25) is 4.79 Å². The summed E-state index contributed by atoms with van der Waals surface area (Å²) in [6, 6.07) is 3.08. The van der Waals surface area contributed by atoms with E-state index in [0.29, 0.717) is 26.2 Å². The highest BCUT2D eigenvalue weighted by molar-refractivity contribution is 5.78. The van der Waals surface area contributed by atoms with Gasteiger partial charge in [0.2, 0.25) is 5.91 Å². The number of hydrogen-bond acceptors (Lipinski definition) is 3. The minimum Gasteiger partial charge on any atom is -0.383 e. The van der Waals surface area contributed by atoms with Crippen molar-refractivity contribution in [3.05, 3.63) is 35.4 Å². The first kappa shape index (κ1) is 15.5. The molecule has 0 bridgehead atoms. The molecule has 1 aromatic carbocycles. The third-order valence-corrected chi connectivity index (χ3v) is 2.47. The van der Waals surface area contributed by atoms with Gasteiger partial charge in [0.05, 0.1) is 13.0 Å². The molecule has 0 heterocycles. The molecule has 0 aliphatic carbocycles. The highest BCUT2D eigenvalue weighted by atomic mass is 19.1. The van der Waals surface area contributed by atoms with Crippen LogP contribution >= 0.6 is 0 Å². The average molecular weight is 272 g/mol. The zero-order valence-electron chi connectivity index (χ0n) is 10.8. The second-order valence-corrected chi connectivity index (χ2v) is 4.01. The number of halogens is 2. The quantitative estimate of drug-likeness (QED) is 0.690. The van der Waals surface area contributed by atoms with Crippen LogP contribution in [0.5, 0.6) is 0 Å². The first-order valence-corrected chi connectivity index (χ1v) is 6.03. The molecule has 0 spiro atoms. The molecule has 0 fully saturated rings. The molecule has 2 N–H and O–H groups in total. The van der Waals surface area contributed by atoms with E-state index in [-0.39, 0.29) is 17.9 Å². The Kier molecular flexibility index (Phi) is 6.99. The van der Waals surface area contributed by atoms with Crippen molar-refractivity contribution in [3.8, 4) is 0 Å². The van der Waals surface area contributed by atoms with Crippen molar-refractivity contribution in [2.75, 3.05) is 33.4 Å². The minimum absolute atomic E-state index is 0.0600. The van der Waals surface area contributed by atoms with E-state index in [4.69, 9.17) is 4.74 Å². The summed E-state index contributed by atoms with van der Waals surface area (Å²) >= 11 is 0. The fraction of sp³-hybridized carbons (Fsp3) is 0.462. The van der Waals surface area contributed by atoms with Crippen LogP contribution in [0, 0.1) is 11.6 Å². The van der Waals surface area contributed by atoms with Crippen LogP contribution in [-0.2, 0) is 16.0 Å². The number of carbonyl (C=O) groups is 1. The number of carbonyl (C=O) groups excluding carboxylic acids is 1. The van der Waals surface area contributed by atoms with E-state index in [1.54, 1.807) is 7.11 Å². The third-order valence-electron chi connectivity index (χ3n) is 2.47. The molecule has 0 aliphatic rings. The van der Waals surface area contributed by atoms with Gasteiger partial charge < -0.3 is 15.4 Å². The number of ether oxygens (including phenoxy) is 1. The van der Waals surface area contributed by atoms with E-state index >= 15 is 0 Å². The van der Waals surface area contributed by atoms with Gasteiger partial charge in [-0.1, -0.05) is 0 Å². The summed E-state index contributed by atoms with van der Waals surface area (Å²) in [5, 5.41) is 5.68. The van der Waals surface area contributed by atoms with Crippen LogP contribution < -0.4 is 10.6 Å². The topological polar surface area (TPSA) is 50.4 Å². The Hall–Kier alpha value is -1.53. The maximum Gasteiger partial charge on any atom is 0.224 e. The Morgan fingerprint density at radius 1 is 1.26 bits per heavy atom. The van der Waals surface area contributed by atoms with Crippen LogP contribution in [-0.4, -0.2) is 39.3 Å². The molecular formula is C13H18F2N2O2. The maximum atomic E-state index is 13.3. The summed E-state index contributed by atoms with van der Waals surface area (Å²) in [7, 11) is 1.61. The smallest absolute Gasteiger partial charge is 0.224 e. The van der Waals surface area contributed by atoms with E-state index in [9.17, 15) is 13.6 Å². The van der Waals surface area contributed by atoms with Gasteiger partial charge in [0, 0.05) is 32.3 Å². The van der Waals surface area contributed by atoms with Crippen molar-refractivity contribution < 1.29 is 18.3 Å². The molecule has 0 atom stereocenters. The van der Waals surface area contributed by atoms with Gasteiger partial charge in [-0.05, 0) is 18.2 Å². The summed E-state index contributed by atoms with van der Waals surface area (Å²) in [6.07, 6.45) is -0.165. The lowest BCUT2D eigenvalue weighted by Crippen LogP contribution is -2.34. The fourth-order valence-corrected chi connectivity index (χ4v) is 1.50. The maximum absolute atomic E-state index is 13.3. The summed E-state index contributed by atoms with van der Waals surface area (Å²) < 4.78 is 31.0. The minimum atomic E-state index is -0.574. The molecule has 4 nitrogen and oxygen atoms in total. The predicted octanol–water partition coefficient (Wildman–Crippen LogP) is 0.859. The molecule has 0 unspecified atom stereocenters. The van der Waals surface area contributed by atoms with Crippen LogP contribution in [0.25, 0.3) is 0 Å². The number of hydrogen-bond donors (Lipinski definition) is 2. The number of nitrogens with one attached hydrogen (secondary N) is 2. The monoisotopic (exact) mass is 272 g/mol. The fourth-order valence-electron chi connectivity index (χ4n) is 1.50. The van der Waals surface area contributed by atoms with E-state index in [1.807, 2.05) is 0 Å². The second kappa shape index (κ2) is 8.55. The first-order chi connectivity index (χ1) is 9.13. The van der Waals surface area contributed by atoms with Crippen molar-refractivity contribution in [3.63, 3.8) is 0 Å². The van der Waals surface area contributed by atoms with Crippen molar-refractivity contribution in [1.82, 2.24) is 10.6 Å². The zero-order valence-corrected chi connectivity index (χ0v) is 10.8. The Labute approximate surface area is 111 Å². The largest absolute Gasteiger partial charge is 0.383 e. The number of rotatable bonds is 8. The molecular weight excluding hydrogens is 254 g/mol. The predicted molar refractivity (Wildman–Crippen MR) is 67.8 cm³/mol. The summed E-state index contributed by atoms with van der Waals surface area (Å²) in [4.78, 5) is 11.5. The average Bonchev–Trinajstić information content (AvgIpc) is 2.38. The standard InChI is InChI=1S/C13H18F2N2O2/c1-19-7-6-16-4-5-17-13(18)9-10-8-11(14)2-3-12(10)15/h2-3,8,16H,4-7,9H2,1H3,(H,17,18). The highest BCUT2D eigenvalue weighted by Crippen LogP contribution is 2.10. The van der Waals surface area contributed by atoms with Crippen LogP contribution in [0.1, 0.15) is 5.56 Å². The lowest BCUT2D eigenvalue weighted by atomic mass is 10.1. The lowest BCUT2D eigenvalue weighted by molar-refractivity contribution is -0.120. The molecule has 0 radical (unpaired) electrons. The van der Waals surface area contributed by atoms with Crippen LogP contribution in [0.3, 0.4) is 0 Å². The highest BCUT2D eigenvalue weighted by Gasteiger charge is 2.08. The van der Waals surface area contributed by atoms with Crippen molar-refractivity contribution in [1.29, 1.82) is 0 Å². The number of benzene rings is 1. The van der Waals surface area contributed by atoms with E-state index in [2.05, 4.69) is 10.6 Å². The van der Waals surface area contributed by atoms with Crippen LogP contribution in [0.2, 0.25) is 0 Å². The van der Waals surface area contributed by atoms with Gasteiger partial charge >= 0.3 is 0 Å². The van der Waals surface area contributed by atoms with Crippen LogP contribution in [0.4, 0.5) is 8.78 Å². The van der Waals surface area contributed by atoms with Gasteiger partial charge in [0.15, 0.2) is 0 Å². The molecule has 1 rings (SSSR count). The van der Waals surface area contributed by atoms with Gasteiger partial charge in [0.25, 0.3) is 0 Å². The van der Waals surface area contributed by atoms with E-state index in [0.717, 1.165) is 18.2 Å². The molecule has 0 aromatic heterocycles. The van der Waals surface area contributed by atoms with Gasteiger partial charge in [-0.2, -0.15) is 0 Å². The Morgan fingerprint density at radius 3 is 2.79 bits per heavy atom. The molecule has 1 aromatic rings. The Bertz CT molecular complexity index is 414. The SMILES string of the molecule is COCCNCCNC(=O)Cc1cc(F)ccc1F. The third kappa shape index (κ3) is 6.26. The van der Waals surface area contributed by atoms with E-state index in [1.165, 1.54) is 0 Å². The summed E-state index contributed by atoms with van der Waals surface area (Å²) in [5.74, 6) is -1.46.